The van der Waals surface area contributed by atoms with Gasteiger partial charge in [0.15, 0.2) is 0 Å². The fourth-order valence-corrected chi connectivity index (χ4v) is 22.9. The van der Waals surface area contributed by atoms with Crippen LogP contribution in [0.25, 0.3) is 0 Å². The van der Waals surface area contributed by atoms with Gasteiger partial charge >= 0.3 is 0 Å². The number of rotatable bonds is 0. The van der Waals surface area contributed by atoms with Crippen LogP contribution in [0.2, 0.25) is 43.1 Å². The Labute approximate surface area is 89.0 Å². The minimum atomic E-state index is -0.295. The third-order valence-electron chi connectivity index (χ3n) is 3.41. The summed E-state index contributed by atoms with van der Waals surface area (Å²) in [6, 6.07) is 3.25. The summed E-state index contributed by atoms with van der Waals surface area (Å²) in [6.45, 7) is 12.9. The van der Waals surface area contributed by atoms with Crippen molar-refractivity contribution in [2.45, 2.75) is 56.9 Å². The second kappa shape index (κ2) is 4.45. The van der Waals surface area contributed by atoms with Gasteiger partial charge in [-0.15, -0.1) is 0 Å². The number of hydrogen-bond donors (Lipinski definition) is 0. The zero-order valence-electron chi connectivity index (χ0n) is 10.1. The molecule has 0 N–H and O–H groups in total. The van der Waals surface area contributed by atoms with Gasteiger partial charge in [0, 0.05) is 26.4 Å². The zero-order chi connectivity index (χ0) is 10.1. The van der Waals surface area contributed by atoms with E-state index >= 15 is 0 Å². The molecule has 0 aromatic carbocycles. The molecule has 1 fully saturated rings. The smallest absolute Gasteiger partial charge is 0.0312 e. The van der Waals surface area contributed by atoms with Crippen molar-refractivity contribution in [1.29, 1.82) is 0 Å². The Morgan fingerprint density at radius 2 is 1.15 bits per heavy atom. The van der Waals surface area contributed by atoms with Crippen LogP contribution in [0.1, 0.15) is 13.8 Å². The standard InChI is InChI=1S/C10H26Si3/c1-10(2)6-11(3)8-13(5)9-12(4)7-10/h11-13H,6-9H2,1-5H3. The lowest BCUT2D eigenvalue weighted by molar-refractivity contribution is 0.459. The highest BCUT2D eigenvalue weighted by Crippen LogP contribution is 2.34. The second-order valence-corrected chi connectivity index (χ2v) is 17.6. The van der Waals surface area contributed by atoms with E-state index in [1.54, 1.807) is 23.4 Å². The first-order chi connectivity index (χ1) is 5.89. The molecule has 3 heteroatoms. The molecule has 1 saturated heterocycles. The van der Waals surface area contributed by atoms with Gasteiger partial charge in [0.2, 0.25) is 0 Å². The van der Waals surface area contributed by atoms with Crippen molar-refractivity contribution in [2.75, 3.05) is 0 Å². The Kier molecular flexibility index (Phi) is 4.01. The lowest BCUT2D eigenvalue weighted by Crippen LogP contribution is -2.34. The minimum absolute atomic E-state index is 0.219. The van der Waals surface area contributed by atoms with Gasteiger partial charge in [0.25, 0.3) is 0 Å². The molecular weight excluding hydrogens is 204 g/mol. The van der Waals surface area contributed by atoms with E-state index in [-0.39, 0.29) is 26.4 Å². The topological polar surface area (TPSA) is 0 Å². The Bertz CT molecular complexity index is 152. The molecule has 0 saturated carbocycles. The molecule has 1 heterocycles. The van der Waals surface area contributed by atoms with Gasteiger partial charge in [-0.3, -0.25) is 0 Å². The van der Waals surface area contributed by atoms with Gasteiger partial charge in [0.1, 0.15) is 0 Å². The molecule has 1 rings (SSSR count). The summed E-state index contributed by atoms with van der Waals surface area (Å²) in [6.07, 6.45) is 0. The first-order valence-corrected chi connectivity index (χ1v) is 14.3. The van der Waals surface area contributed by atoms with E-state index in [2.05, 4.69) is 33.5 Å². The van der Waals surface area contributed by atoms with Crippen molar-refractivity contribution >= 4 is 26.4 Å². The van der Waals surface area contributed by atoms with E-state index in [1.165, 1.54) is 0 Å². The van der Waals surface area contributed by atoms with Crippen LogP contribution in [0.15, 0.2) is 0 Å². The van der Waals surface area contributed by atoms with Gasteiger partial charge in [-0.1, -0.05) is 56.9 Å². The predicted octanol–water partition coefficient (Wildman–Crippen LogP) is 2.68. The quantitative estimate of drug-likeness (QED) is 0.562. The summed E-state index contributed by atoms with van der Waals surface area (Å²) in [5.74, 6) is 0. The lowest BCUT2D eigenvalue weighted by atomic mass is 10.00. The molecule has 0 bridgehead atoms. The van der Waals surface area contributed by atoms with Crippen LogP contribution >= 0.6 is 0 Å². The first-order valence-electron chi connectivity index (χ1n) is 5.89. The SMILES string of the molecule is C[SiH]1C[SiH](C)CC(C)(C)C[SiH](C)C1. The maximum absolute atomic E-state index is 2.63. The minimum Gasteiger partial charge on any atom is -0.0724 e. The van der Waals surface area contributed by atoms with E-state index in [4.69, 9.17) is 0 Å². The molecule has 0 aliphatic carbocycles. The molecule has 78 valence electrons. The van der Waals surface area contributed by atoms with Crippen LogP contribution in [0.3, 0.4) is 0 Å². The third kappa shape index (κ3) is 4.13. The Morgan fingerprint density at radius 3 is 1.54 bits per heavy atom. The van der Waals surface area contributed by atoms with Crippen molar-refractivity contribution in [3.63, 3.8) is 0 Å². The second-order valence-electron chi connectivity index (χ2n) is 6.36. The van der Waals surface area contributed by atoms with Crippen LogP contribution in [0.4, 0.5) is 0 Å². The highest BCUT2D eigenvalue weighted by atomic mass is 28.4. The molecular formula is C10H26Si3. The third-order valence-corrected chi connectivity index (χ3v) is 19.9. The van der Waals surface area contributed by atoms with Gasteiger partial charge in [-0.2, -0.15) is 0 Å². The summed E-state index contributed by atoms with van der Waals surface area (Å²) >= 11 is 0. The average Bonchev–Trinajstić information content (AvgIpc) is 1.78. The molecule has 1 aliphatic heterocycles. The van der Waals surface area contributed by atoms with Crippen LogP contribution < -0.4 is 0 Å². The van der Waals surface area contributed by atoms with E-state index in [0.717, 1.165) is 5.41 Å². The largest absolute Gasteiger partial charge is 0.0724 e. The number of hydrogen-bond acceptors (Lipinski definition) is 0. The Morgan fingerprint density at radius 1 is 0.769 bits per heavy atom. The van der Waals surface area contributed by atoms with Gasteiger partial charge in [-0.25, -0.2) is 0 Å². The van der Waals surface area contributed by atoms with Crippen molar-refractivity contribution in [3.8, 4) is 0 Å². The maximum atomic E-state index is 2.63. The Balaban J connectivity index is 2.59. The van der Waals surface area contributed by atoms with Crippen molar-refractivity contribution in [1.82, 2.24) is 0 Å². The van der Waals surface area contributed by atoms with Crippen LogP contribution in [0, 0.1) is 5.41 Å². The van der Waals surface area contributed by atoms with E-state index in [0.29, 0.717) is 0 Å². The van der Waals surface area contributed by atoms with Gasteiger partial charge in [0.05, 0.1) is 0 Å². The fraction of sp³-hybridized carbons (Fsp3) is 1.00. The molecule has 2 atom stereocenters. The molecule has 0 aromatic heterocycles. The maximum Gasteiger partial charge on any atom is 0.0312 e. The summed E-state index contributed by atoms with van der Waals surface area (Å²) in [4.78, 5) is 0. The van der Waals surface area contributed by atoms with E-state index < -0.39 is 0 Å². The van der Waals surface area contributed by atoms with Crippen LogP contribution in [0.5, 0.6) is 0 Å². The lowest BCUT2D eigenvalue weighted by Gasteiger charge is -2.34. The van der Waals surface area contributed by atoms with E-state index in [9.17, 15) is 0 Å². The first kappa shape index (κ1) is 11.7. The van der Waals surface area contributed by atoms with Crippen LogP contribution in [-0.4, -0.2) is 26.4 Å². The average molecular weight is 231 g/mol. The van der Waals surface area contributed by atoms with E-state index in [1.807, 2.05) is 0 Å². The van der Waals surface area contributed by atoms with Gasteiger partial charge < -0.3 is 0 Å². The fourth-order valence-electron chi connectivity index (χ4n) is 3.61. The highest BCUT2D eigenvalue weighted by Gasteiger charge is 2.29. The van der Waals surface area contributed by atoms with Crippen LogP contribution in [-0.2, 0) is 0 Å². The summed E-state index contributed by atoms with van der Waals surface area (Å²) in [7, 11) is -0.808. The summed E-state index contributed by atoms with van der Waals surface area (Å²) in [5.41, 5.74) is 4.23. The summed E-state index contributed by atoms with van der Waals surface area (Å²) in [5, 5.41) is 0. The van der Waals surface area contributed by atoms with Crippen molar-refractivity contribution in [2.24, 2.45) is 5.41 Å². The molecule has 0 amide bonds. The van der Waals surface area contributed by atoms with Crippen molar-refractivity contribution in [3.05, 3.63) is 0 Å². The normalized spacial score (nSPS) is 40.8. The molecule has 0 spiro atoms. The molecule has 13 heavy (non-hydrogen) atoms. The summed E-state index contributed by atoms with van der Waals surface area (Å²) < 4.78 is 0. The Hall–Kier alpha value is 0.651. The molecule has 1 aliphatic rings. The molecule has 2 unspecified atom stereocenters. The highest BCUT2D eigenvalue weighted by molar-refractivity contribution is 6.84. The molecule has 0 nitrogen and oxygen atoms in total. The predicted molar refractivity (Wildman–Crippen MR) is 72.0 cm³/mol. The molecule has 0 aromatic rings. The molecule has 0 radical (unpaired) electrons. The van der Waals surface area contributed by atoms with Gasteiger partial charge in [-0.05, 0) is 5.41 Å². The zero-order valence-corrected chi connectivity index (χ0v) is 13.5. The monoisotopic (exact) mass is 230 g/mol. The van der Waals surface area contributed by atoms with Crippen molar-refractivity contribution < 1.29 is 0 Å².